The number of hydrogen-bond acceptors (Lipinski definition) is 0. The van der Waals surface area contributed by atoms with Crippen molar-refractivity contribution in [1.29, 1.82) is 0 Å². The van der Waals surface area contributed by atoms with Gasteiger partial charge in [-0.2, -0.15) is 26.3 Å². The van der Waals surface area contributed by atoms with E-state index < -0.39 is 37.0 Å². The van der Waals surface area contributed by atoms with Gasteiger partial charge in [-0.1, -0.05) is 0 Å². The molecule has 2 atom stereocenters. The molecule has 0 saturated heterocycles. The molecule has 0 nitrogen and oxygen atoms in total. The highest BCUT2D eigenvalue weighted by atomic mass is 19.4. The van der Waals surface area contributed by atoms with Crippen LogP contribution >= 0.6 is 0 Å². The van der Waals surface area contributed by atoms with Crippen LogP contribution in [0.2, 0.25) is 0 Å². The zero-order chi connectivity index (χ0) is 13.4. The lowest BCUT2D eigenvalue weighted by molar-refractivity contribution is -0.362. The highest BCUT2D eigenvalue weighted by molar-refractivity contribution is 5.03. The van der Waals surface area contributed by atoms with E-state index in [1.54, 1.807) is 0 Å². The molecule has 0 aliphatic rings. The Morgan fingerprint density at radius 1 is 0.750 bits per heavy atom. The van der Waals surface area contributed by atoms with Crippen LogP contribution in [0.1, 0.15) is 0 Å². The van der Waals surface area contributed by atoms with Crippen molar-refractivity contribution >= 4 is 0 Å². The van der Waals surface area contributed by atoms with Gasteiger partial charge in [0.1, 0.15) is 6.67 Å². The van der Waals surface area contributed by atoms with Crippen LogP contribution in [0.25, 0.3) is 0 Å². The van der Waals surface area contributed by atoms with E-state index in [1.165, 1.54) is 0 Å². The zero-order valence-electron chi connectivity index (χ0n) is 7.14. The van der Waals surface area contributed by atoms with E-state index >= 15 is 0 Å². The zero-order valence-corrected chi connectivity index (χ0v) is 7.14. The molecule has 98 valence electrons. The Balaban J connectivity index is 5.44. The predicted molar refractivity (Wildman–Crippen MR) is 31.7 cm³/mol. The van der Waals surface area contributed by atoms with Crippen LogP contribution in [0.15, 0.2) is 0 Å². The van der Waals surface area contributed by atoms with Crippen LogP contribution < -0.4 is 0 Å². The molecule has 0 N–H and O–H groups in total. The number of alkyl halides is 10. The Bertz CT molecular complexity index is 212. The second-order valence-corrected chi connectivity index (χ2v) is 2.78. The van der Waals surface area contributed by atoms with Crippen LogP contribution in [-0.4, -0.2) is 37.0 Å². The first-order valence-corrected chi connectivity index (χ1v) is 3.56. The van der Waals surface area contributed by atoms with Crippen molar-refractivity contribution in [2.75, 3.05) is 6.67 Å². The number of hydrogen-bond donors (Lipinski definition) is 0. The summed E-state index contributed by atoms with van der Waals surface area (Å²) in [7, 11) is 0. The van der Waals surface area contributed by atoms with Crippen LogP contribution in [0.3, 0.4) is 0 Å². The molecule has 0 aliphatic heterocycles. The molecule has 0 saturated carbocycles. The fraction of sp³-hybridized carbons (Fsp3) is 1.00. The third kappa shape index (κ3) is 2.34. The molecular weight excluding hydrogens is 262 g/mol. The second kappa shape index (κ2) is 4.28. The lowest BCUT2D eigenvalue weighted by atomic mass is 9.95. The molecule has 0 aromatic carbocycles. The topological polar surface area (TPSA) is 0 Å². The molecular formula is C6H4F10. The molecule has 16 heavy (non-hydrogen) atoms. The Labute approximate surface area is 82.2 Å². The van der Waals surface area contributed by atoms with E-state index in [9.17, 15) is 43.9 Å². The SMILES string of the molecule is FCC(F)C(F)C(F)(C(F)(F)F)C(F)(F)F. The minimum Gasteiger partial charge on any atom is -0.248 e. The molecule has 2 unspecified atom stereocenters. The summed E-state index contributed by atoms with van der Waals surface area (Å²) in [6.07, 6.45) is -22.0. The summed E-state index contributed by atoms with van der Waals surface area (Å²) in [4.78, 5) is 0. The molecule has 0 amide bonds. The van der Waals surface area contributed by atoms with Crippen molar-refractivity contribution < 1.29 is 43.9 Å². The molecule has 0 bridgehead atoms. The maximum absolute atomic E-state index is 12.6. The molecule has 0 radical (unpaired) electrons. The lowest BCUT2D eigenvalue weighted by Crippen LogP contribution is -2.62. The second-order valence-electron chi connectivity index (χ2n) is 2.78. The first-order valence-electron chi connectivity index (χ1n) is 3.56. The Morgan fingerprint density at radius 2 is 1.06 bits per heavy atom. The van der Waals surface area contributed by atoms with Crippen molar-refractivity contribution in [1.82, 2.24) is 0 Å². The maximum Gasteiger partial charge on any atom is 0.434 e. The normalized spacial score (nSPS) is 18.4. The Hall–Kier alpha value is -0.700. The molecule has 0 fully saturated rings. The van der Waals surface area contributed by atoms with E-state index in [4.69, 9.17) is 0 Å². The Morgan fingerprint density at radius 3 is 1.25 bits per heavy atom. The third-order valence-corrected chi connectivity index (χ3v) is 1.67. The highest BCUT2D eigenvalue weighted by Crippen LogP contribution is 2.50. The van der Waals surface area contributed by atoms with Gasteiger partial charge >= 0.3 is 18.0 Å². The van der Waals surface area contributed by atoms with E-state index in [-0.39, 0.29) is 0 Å². The van der Waals surface area contributed by atoms with Crippen LogP contribution in [0.5, 0.6) is 0 Å². The minimum absolute atomic E-state index is 2.50. The maximum atomic E-state index is 12.6. The standard InChI is InChI=1S/C6H4F10/c7-1-2(8)3(9)4(10,5(11,12)13)6(14,15)16/h2-3H,1H2. The first kappa shape index (κ1) is 15.3. The smallest absolute Gasteiger partial charge is 0.248 e. The summed E-state index contributed by atoms with van der Waals surface area (Å²) in [5, 5.41) is 0. The van der Waals surface area contributed by atoms with Gasteiger partial charge in [0.2, 0.25) is 0 Å². The minimum atomic E-state index is -6.73. The van der Waals surface area contributed by atoms with Gasteiger partial charge in [-0.05, 0) is 0 Å². The van der Waals surface area contributed by atoms with Gasteiger partial charge in [-0.15, -0.1) is 0 Å². The van der Waals surface area contributed by atoms with Gasteiger partial charge in [0.25, 0.3) is 0 Å². The third-order valence-electron chi connectivity index (χ3n) is 1.67. The van der Waals surface area contributed by atoms with Gasteiger partial charge < -0.3 is 0 Å². The molecule has 0 aliphatic carbocycles. The average molecular weight is 266 g/mol. The summed E-state index contributed by atoms with van der Waals surface area (Å²) in [5.41, 5.74) is -6.43. The highest BCUT2D eigenvalue weighted by Gasteiger charge is 2.78. The van der Waals surface area contributed by atoms with E-state index in [2.05, 4.69) is 0 Å². The van der Waals surface area contributed by atoms with Crippen molar-refractivity contribution in [2.45, 2.75) is 30.4 Å². The average Bonchev–Trinajstić information content (AvgIpc) is 2.10. The summed E-state index contributed by atoms with van der Waals surface area (Å²) in [5.74, 6) is 0. The molecule has 0 rings (SSSR count). The van der Waals surface area contributed by atoms with Gasteiger partial charge in [0, 0.05) is 0 Å². The monoisotopic (exact) mass is 266 g/mol. The van der Waals surface area contributed by atoms with Gasteiger partial charge in [-0.25, -0.2) is 17.6 Å². The van der Waals surface area contributed by atoms with Gasteiger partial charge in [0.05, 0.1) is 0 Å². The predicted octanol–water partition coefficient (Wildman–Crippen LogP) is 3.47. The summed E-state index contributed by atoms with van der Waals surface area (Å²) in [6.45, 7) is -2.50. The summed E-state index contributed by atoms with van der Waals surface area (Å²) >= 11 is 0. The molecule has 0 aromatic rings. The first-order chi connectivity index (χ1) is 6.89. The number of rotatable bonds is 3. The summed E-state index contributed by atoms with van der Waals surface area (Å²) in [6, 6.07) is 0. The van der Waals surface area contributed by atoms with Crippen molar-refractivity contribution in [3.8, 4) is 0 Å². The van der Waals surface area contributed by atoms with Crippen LogP contribution in [0.4, 0.5) is 43.9 Å². The van der Waals surface area contributed by atoms with Crippen LogP contribution in [0, 0.1) is 0 Å². The molecule has 10 heteroatoms. The van der Waals surface area contributed by atoms with Crippen LogP contribution in [-0.2, 0) is 0 Å². The number of halogens is 10. The van der Waals surface area contributed by atoms with E-state index in [0.29, 0.717) is 0 Å². The molecule has 0 spiro atoms. The van der Waals surface area contributed by atoms with E-state index in [1.807, 2.05) is 0 Å². The lowest BCUT2D eigenvalue weighted by Gasteiger charge is -2.33. The quantitative estimate of drug-likeness (QED) is 0.686. The molecule has 0 aromatic heterocycles. The summed E-state index contributed by atoms with van der Waals surface area (Å²) < 4.78 is 119. The Kier molecular flexibility index (Phi) is 4.10. The largest absolute Gasteiger partial charge is 0.434 e. The molecule has 0 heterocycles. The van der Waals surface area contributed by atoms with Crippen molar-refractivity contribution in [3.05, 3.63) is 0 Å². The van der Waals surface area contributed by atoms with Gasteiger partial charge in [0.15, 0.2) is 12.3 Å². The van der Waals surface area contributed by atoms with Crippen molar-refractivity contribution in [3.63, 3.8) is 0 Å². The van der Waals surface area contributed by atoms with E-state index in [0.717, 1.165) is 0 Å². The fourth-order valence-electron chi connectivity index (χ4n) is 0.801. The fourth-order valence-corrected chi connectivity index (χ4v) is 0.801. The van der Waals surface area contributed by atoms with Crippen molar-refractivity contribution in [2.24, 2.45) is 0 Å². The van der Waals surface area contributed by atoms with Gasteiger partial charge in [-0.3, -0.25) is 0 Å².